The van der Waals surface area contributed by atoms with E-state index < -0.39 is 12.4 Å². The number of hydrogen-bond acceptors (Lipinski definition) is 3. The molecule has 0 atom stereocenters. The van der Waals surface area contributed by atoms with Crippen LogP contribution in [0.2, 0.25) is 0 Å². The summed E-state index contributed by atoms with van der Waals surface area (Å²) in [6.45, 7) is 4.11. The van der Waals surface area contributed by atoms with Gasteiger partial charge in [0.2, 0.25) is 0 Å². The van der Waals surface area contributed by atoms with Crippen molar-refractivity contribution in [3.63, 3.8) is 0 Å². The first kappa shape index (κ1) is 12.6. The fourth-order valence-corrected chi connectivity index (χ4v) is 1.38. The van der Waals surface area contributed by atoms with Crippen LogP contribution in [0.15, 0.2) is 6.20 Å². The van der Waals surface area contributed by atoms with Crippen LogP contribution in [0.4, 0.5) is 8.78 Å². The largest absolute Gasteiger partial charge is 0.465 e. The average molecular weight is 232 g/mol. The van der Waals surface area contributed by atoms with E-state index in [-0.39, 0.29) is 17.2 Å². The summed E-state index contributed by atoms with van der Waals surface area (Å²) in [4.78, 5) is 11.2. The Kier molecular flexibility index (Phi) is 3.98. The zero-order valence-electron chi connectivity index (χ0n) is 9.41. The zero-order valence-corrected chi connectivity index (χ0v) is 9.41. The minimum Gasteiger partial charge on any atom is -0.465 e. The van der Waals surface area contributed by atoms with Crippen molar-refractivity contribution in [1.82, 2.24) is 9.78 Å². The van der Waals surface area contributed by atoms with E-state index in [0.717, 1.165) is 18.0 Å². The third kappa shape index (κ3) is 2.56. The molecule has 0 bridgehead atoms. The summed E-state index contributed by atoms with van der Waals surface area (Å²) in [5.41, 5.74) is -0.543. The summed E-state index contributed by atoms with van der Waals surface area (Å²) >= 11 is 0. The summed E-state index contributed by atoms with van der Waals surface area (Å²) in [6.07, 6.45) is -1.62. The van der Waals surface area contributed by atoms with E-state index in [1.807, 2.05) is 13.8 Å². The molecule has 0 spiro atoms. The van der Waals surface area contributed by atoms with Crippen molar-refractivity contribution in [3.05, 3.63) is 17.5 Å². The molecule has 16 heavy (non-hydrogen) atoms. The van der Waals surface area contributed by atoms with Gasteiger partial charge in [0.25, 0.3) is 6.43 Å². The topological polar surface area (TPSA) is 44.1 Å². The summed E-state index contributed by atoms with van der Waals surface area (Å²) in [5, 5.41) is 3.78. The molecule has 0 amide bonds. The highest BCUT2D eigenvalue weighted by atomic mass is 19.3. The third-order valence-corrected chi connectivity index (χ3v) is 2.03. The van der Waals surface area contributed by atoms with Gasteiger partial charge < -0.3 is 4.74 Å². The number of rotatable bonds is 4. The summed E-state index contributed by atoms with van der Waals surface area (Å²) in [7, 11) is 1.15. The normalized spacial score (nSPS) is 11.2. The molecule has 1 aromatic rings. The van der Waals surface area contributed by atoms with E-state index in [2.05, 4.69) is 9.84 Å². The first-order valence-corrected chi connectivity index (χ1v) is 4.89. The van der Waals surface area contributed by atoms with Crippen LogP contribution in [-0.2, 0) is 11.3 Å². The highest BCUT2D eigenvalue weighted by molar-refractivity contribution is 5.90. The second kappa shape index (κ2) is 5.05. The summed E-state index contributed by atoms with van der Waals surface area (Å²) in [6, 6.07) is 0. The standard InChI is InChI=1S/C10H14F2N2O2/c1-6(2)5-14-8(9(11)12)7(4-13-14)10(15)16-3/h4,6,9H,5H2,1-3H3. The molecule has 1 aromatic heterocycles. The van der Waals surface area contributed by atoms with Crippen molar-refractivity contribution in [2.75, 3.05) is 7.11 Å². The highest BCUT2D eigenvalue weighted by Gasteiger charge is 2.25. The molecule has 0 aliphatic heterocycles. The molecule has 0 aromatic carbocycles. The van der Waals surface area contributed by atoms with Crippen molar-refractivity contribution in [1.29, 1.82) is 0 Å². The van der Waals surface area contributed by atoms with Gasteiger partial charge in [0.05, 0.1) is 13.3 Å². The second-order valence-corrected chi connectivity index (χ2v) is 3.81. The number of hydrogen-bond donors (Lipinski definition) is 0. The molecule has 1 rings (SSSR count). The van der Waals surface area contributed by atoms with Crippen LogP contribution in [0, 0.1) is 5.92 Å². The van der Waals surface area contributed by atoms with Crippen LogP contribution >= 0.6 is 0 Å². The molecule has 0 saturated carbocycles. The number of esters is 1. The van der Waals surface area contributed by atoms with Crippen molar-refractivity contribution < 1.29 is 18.3 Å². The maximum Gasteiger partial charge on any atom is 0.341 e. The van der Waals surface area contributed by atoms with E-state index in [9.17, 15) is 13.6 Å². The maximum atomic E-state index is 12.8. The lowest BCUT2D eigenvalue weighted by molar-refractivity contribution is 0.0586. The third-order valence-electron chi connectivity index (χ3n) is 2.03. The van der Waals surface area contributed by atoms with E-state index in [0.29, 0.717) is 6.54 Å². The Morgan fingerprint density at radius 2 is 2.19 bits per heavy atom. The van der Waals surface area contributed by atoms with Gasteiger partial charge in [-0.1, -0.05) is 13.8 Å². The number of carbonyl (C=O) groups excluding carboxylic acids is 1. The van der Waals surface area contributed by atoms with Crippen LogP contribution < -0.4 is 0 Å². The molecule has 0 unspecified atom stereocenters. The zero-order chi connectivity index (χ0) is 12.3. The van der Waals surface area contributed by atoms with Gasteiger partial charge in [-0.25, -0.2) is 13.6 Å². The van der Waals surface area contributed by atoms with Gasteiger partial charge in [0.15, 0.2) is 0 Å². The average Bonchev–Trinajstić information content (AvgIpc) is 2.59. The number of carbonyl (C=O) groups is 1. The lowest BCUT2D eigenvalue weighted by atomic mass is 10.2. The summed E-state index contributed by atoms with van der Waals surface area (Å²) < 4.78 is 31.2. The molecular weight excluding hydrogens is 218 g/mol. The van der Waals surface area contributed by atoms with Crippen molar-refractivity contribution in [2.24, 2.45) is 5.92 Å². The molecule has 0 aliphatic carbocycles. The van der Waals surface area contributed by atoms with E-state index in [4.69, 9.17) is 0 Å². The first-order valence-electron chi connectivity index (χ1n) is 4.89. The van der Waals surface area contributed by atoms with Crippen LogP contribution in [0.5, 0.6) is 0 Å². The molecule has 90 valence electrons. The smallest absolute Gasteiger partial charge is 0.341 e. The number of nitrogens with zero attached hydrogens (tertiary/aromatic N) is 2. The van der Waals surface area contributed by atoms with E-state index in [1.54, 1.807) is 0 Å². The molecule has 0 saturated heterocycles. The number of ether oxygens (including phenoxy) is 1. The van der Waals surface area contributed by atoms with Crippen molar-refractivity contribution in [3.8, 4) is 0 Å². The van der Waals surface area contributed by atoms with Gasteiger partial charge in [-0.15, -0.1) is 0 Å². The molecule has 0 fully saturated rings. The minimum atomic E-state index is -2.74. The van der Waals surface area contributed by atoms with Crippen molar-refractivity contribution in [2.45, 2.75) is 26.8 Å². The SMILES string of the molecule is COC(=O)c1cnn(CC(C)C)c1C(F)F. The Bertz CT molecular complexity index is 375. The molecular formula is C10H14F2N2O2. The lowest BCUT2D eigenvalue weighted by Crippen LogP contribution is -2.12. The van der Waals surface area contributed by atoms with Crippen LogP contribution in [0.1, 0.15) is 36.3 Å². The predicted octanol–water partition coefficient (Wildman–Crippen LogP) is 2.26. The Hall–Kier alpha value is -1.46. The fourth-order valence-electron chi connectivity index (χ4n) is 1.38. The Morgan fingerprint density at radius 3 is 2.62 bits per heavy atom. The minimum absolute atomic E-state index is 0.168. The van der Waals surface area contributed by atoms with E-state index >= 15 is 0 Å². The Balaban J connectivity index is 3.11. The lowest BCUT2D eigenvalue weighted by Gasteiger charge is -2.10. The first-order chi connectivity index (χ1) is 7.47. The Morgan fingerprint density at radius 1 is 1.56 bits per heavy atom. The molecule has 1 heterocycles. The van der Waals surface area contributed by atoms with Gasteiger partial charge in [0.1, 0.15) is 11.3 Å². The van der Waals surface area contributed by atoms with Gasteiger partial charge in [-0.3, -0.25) is 4.68 Å². The number of aromatic nitrogens is 2. The Labute approximate surface area is 92.2 Å². The van der Waals surface area contributed by atoms with Gasteiger partial charge >= 0.3 is 5.97 Å². The van der Waals surface area contributed by atoms with E-state index in [1.165, 1.54) is 0 Å². The van der Waals surface area contributed by atoms with Crippen molar-refractivity contribution >= 4 is 5.97 Å². The molecule has 0 radical (unpaired) electrons. The van der Waals surface area contributed by atoms with Gasteiger partial charge in [0, 0.05) is 6.54 Å². The molecule has 6 heteroatoms. The predicted molar refractivity (Wildman–Crippen MR) is 53.4 cm³/mol. The molecule has 0 N–H and O–H groups in total. The maximum absolute atomic E-state index is 12.8. The summed E-state index contributed by atoms with van der Waals surface area (Å²) in [5.74, 6) is -0.617. The number of methoxy groups -OCH3 is 1. The van der Waals surface area contributed by atoms with Crippen LogP contribution in [-0.4, -0.2) is 22.9 Å². The molecule has 0 aliphatic rings. The highest BCUT2D eigenvalue weighted by Crippen LogP contribution is 2.24. The quantitative estimate of drug-likeness (QED) is 0.748. The monoisotopic (exact) mass is 232 g/mol. The van der Waals surface area contributed by atoms with Crippen LogP contribution in [0.3, 0.4) is 0 Å². The van der Waals surface area contributed by atoms with Gasteiger partial charge in [-0.05, 0) is 5.92 Å². The van der Waals surface area contributed by atoms with Gasteiger partial charge in [-0.2, -0.15) is 5.10 Å². The number of alkyl halides is 2. The number of halogens is 2. The van der Waals surface area contributed by atoms with Crippen LogP contribution in [0.25, 0.3) is 0 Å². The molecule has 4 nitrogen and oxygen atoms in total. The fraction of sp³-hybridized carbons (Fsp3) is 0.600. The second-order valence-electron chi connectivity index (χ2n) is 3.81.